The molecule has 0 amide bonds. The molecule has 0 unspecified atom stereocenters. The molecule has 0 bridgehead atoms. The highest BCUT2D eigenvalue weighted by atomic mass is 16.5. The largest absolute Gasteiger partial charge is 0.493 e. The Morgan fingerprint density at radius 2 is 1.04 bits per heavy atom. The molecule has 0 saturated heterocycles. The highest BCUT2D eigenvalue weighted by Crippen LogP contribution is 2.46. The van der Waals surface area contributed by atoms with Crippen molar-refractivity contribution >= 4 is 0 Å². The van der Waals surface area contributed by atoms with Gasteiger partial charge in [-0.15, -0.1) is 0 Å². The van der Waals surface area contributed by atoms with E-state index in [9.17, 15) is 21.0 Å². The molecular weight excluding hydrogens is 352 g/mol. The minimum atomic E-state index is -2.00. The van der Waals surface area contributed by atoms with Crippen LogP contribution in [0, 0.1) is 45.3 Å². The fraction of sp³-hybridized carbons (Fsp3) is 0.273. The third-order valence-corrected chi connectivity index (χ3v) is 5.48. The van der Waals surface area contributed by atoms with Crippen molar-refractivity contribution in [1.29, 1.82) is 21.0 Å². The Bertz CT molecular complexity index is 1020. The van der Waals surface area contributed by atoms with Crippen LogP contribution in [0.25, 0.3) is 0 Å². The lowest BCUT2D eigenvalue weighted by Gasteiger charge is -2.32. The lowest BCUT2D eigenvalue weighted by Crippen LogP contribution is -2.46. The van der Waals surface area contributed by atoms with Gasteiger partial charge in [-0.1, -0.05) is 12.1 Å². The fourth-order valence-corrected chi connectivity index (χ4v) is 3.92. The van der Waals surface area contributed by atoms with Crippen LogP contribution in [0.15, 0.2) is 36.4 Å². The number of hydrogen-bond acceptors (Lipinski definition) is 6. The van der Waals surface area contributed by atoms with Crippen LogP contribution in [-0.4, -0.2) is 13.2 Å². The normalized spacial score (nSPS) is 14.3. The second-order valence-corrected chi connectivity index (χ2v) is 6.79. The average Bonchev–Trinajstić information content (AvgIpc) is 3.40. The first-order chi connectivity index (χ1) is 13.6. The smallest absolute Gasteiger partial charge is 0.204 e. The van der Waals surface area contributed by atoms with Gasteiger partial charge in [-0.25, -0.2) is 0 Å². The van der Waals surface area contributed by atoms with Gasteiger partial charge in [0.05, 0.1) is 37.5 Å². The zero-order chi connectivity index (χ0) is 19.8. The highest BCUT2D eigenvalue weighted by Gasteiger charge is 2.57. The van der Waals surface area contributed by atoms with Gasteiger partial charge >= 0.3 is 0 Å². The number of ether oxygens (including phenoxy) is 2. The Kier molecular flexibility index (Phi) is 3.93. The van der Waals surface area contributed by atoms with Crippen molar-refractivity contribution < 1.29 is 9.47 Å². The van der Waals surface area contributed by atoms with E-state index in [0.717, 1.165) is 11.1 Å². The number of hydrogen-bond donors (Lipinski definition) is 0. The molecule has 2 heterocycles. The first-order valence-corrected chi connectivity index (χ1v) is 8.81. The van der Waals surface area contributed by atoms with E-state index >= 15 is 0 Å². The summed E-state index contributed by atoms with van der Waals surface area (Å²) in [4.78, 5) is 0. The molecule has 6 nitrogen and oxygen atoms in total. The minimum Gasteiger partial charge on any atom is -0.493 e. The van der Waals surface area contributed by atoms with E-state index in [4.69, 9.17) is 9.47 Å². The third-order valence-electron chi connectivity index (χ3n) is 5.48. The standard InChI is InChI=1S/C22H14N4O2/c23-11-21(12-24,17-1-3-19-15(9-17)5-7-27-19)22(13-25,14-26)18-2-4-20-16(10-18)6-8-28-20/h1-4,9-10H,5-8H2. The first-order valence-electron chi connectivity index (χ1n) is 8.81. The van der Waals surface area contributed by atoms with E-state index in [1.165, 1.54) is 0 Å². The molecule has 2 aliphatic rings. The van der Waals surface area contributed by atoms with Crippen LogP contribution in [0.2, 0.25) is 0 Å². The SMILES string of the molecule is N#CC(C#N)(c1ccc2c(c1)CCO2)C(C#N)(C#N)c1ccc2c(c1)CCO2. The molecule has 0 aliphatic carbocycles. The maximum atomic E-state index is 10.1. The first kappa shape index (κ1) is 17.4. The zero-order valence-electron chi connectivity index (χ0n) is 14.9. The van der Waals surface area contributed by atoms with Crippen molar-refractivity contribution in [3.63, 3.8) is 0 Å². The number of nitriles is 4. The van der Waals surface area contributed by atoms with Gasteiger partial charge in [-0.2, -0.15) is 21.0 Å². The van der Waals surface area contributed by atoms with Crippen LogP contribution in [-0.2, 0) is 23.7 Å². The predicted molar refractivity (Wildman–Crippen MR) is 97.1 cm³/mol. The lowest BCUT2D eigenvalue weighted by atomic mass is 9.59. The molecule has 2 aromatic carbocycles. The Morgan fingerprint density at radius 3 is 1.39 bits per heavy atom. The second kappa shape index (κ2) is 6.31. The van der Waals surface area contributed by atoms with Gasteiger partial charge in [0, 0.05) is 12.8 Å². The van der Waals surface area contributed by atoms with Crippen LogP contribution in [0.3, 0.4) is 0 Å². The molecule has 0 atom stereocenters. The van der Waals surface area contributed by atoms with Gasteiger partial charge < -0.3 is 9.47 Å². The van der Waals surface area contributed by atoms with Crippen molar-refractivity contribution in [1.82, 2.24) is 0 Å². The van der Waals surface area contributed by atoms with E-state index in [1.54, 1.807) is 36.4 Å². The Hall–Kier alpha value is -4.00. The quantitative estimate of drug-likeness (QED) is 0.825. The third kappa shape index (κ3) is 2.16. The summed E-state index contributed by atoms with van der Waals surface area (Å²) in [6.45, 7) is 1.05. The van der Waals surface area contributed by atoms with E-state index in [0.29, 0.717) is 48.7 Å². The summed E-state index contributed by atoms with van der Waals surface area (Å²) in [5, 5.41) is 40.4. The number of rotatable bonds is 3. The van der Waals surface area contributed by atoms with Crippen molar-refractivity contribution in [2.45, 2.75) is 23.7 Å². The van der Waals surface area contributed by atoms with Gasteiger partial charge in [-0.3, -0.25) is 0 Å². The van der Waals surface area contributed by atoms with Crippen molar-refractivity contribution in [2.75, 3.05) is 13.2 Å². The molecular formula is C22H14N4O2. The van der Waals surface area contributed by atoms with Crippen molar-refractivity contribution in [3.05, 3.63) is 58.7 Å². The number of benzene rings is 2. The summed E-state index contributed by atoms with van der Waals surface area (Å²) in [5.74, 6) is 1.39. The van der Waals surface area contributed by atoms with Gasteiger partial charge in [-0.05, 0) is 46.5 Å². The molecule has 2 aliphatic heterocycles. The van der Waals surface area contributed by atoms with Crippen molar-refractivity contribution in [2.24, 2.45) is 0 Å². The van der Waals surface area contributed by atoms with E-state index in [2.05, 4.69) is 0 Å². The average molecular weight is 366 g/mol. The van der Waals surface area contributed by atoms with Crippen LogP contribution >= 0.6 is 0 Å². The van der Waals surface area contributed by atoms with Gasteiger partial charge in [0.1, 0.15) is 11.5 Å². The maximum Gasteiger partial charge on any atom is 0.204 e. The Balaban J connectivity index is 1.96. The van der Waals surface area contributed by atoms with Gasteiger partial charge in [0.25, 0.3) is 0 Å². The molecule has 134 valence electrons. The maximum absolute atomic E-state index is 10.1. The van der Waals surface area contributed by atoms with Gasteiger partial charge in [0.15, 0.2) is 0 Å². The summed E-state index contributed by atoms with van der Waals surface area (Å²) < 4.78 is 11.0. The highest BCUT2D eigenvalue weighted by molar-refractivity contribution is 5.62. The fourth-order valence-electron chi connectivity index (χ4n) is 3.92. The van der Waals surface area contributed by atoms with Crippen LogP contribution < -0.4 is 9.47 Å². The summed E-state index contributed by atoms with van der Waals surface area (Å²) in [7, 11) is 0. The molecule has 0 aromatic heterocycles. The van der Waals surface area contributed by atoms with Gasteiger partial charge in [0.2, 0.25) is 10.8 Å². The van der Waals surface area contributed by atoms with E-state index < -0.39 is 10.8 Å². The van der Waals surface area contributed by atoms with Crippen molar-refractivity contribution in [3.8, 4) is 35.8 Å². The molecule has 0 fully saturated rings. The molecule has 4 rings (SSSR count). The Morgan fingerprint density at radius 1 is 0.643 bits per heavy atom. The summed E-state index contributed by atoms with van der Waals surface area (Å²) in [5.41, 5.74) is -1.63. The van der Waals surface area contributed by atoms with E-state index in [-0.39, 0.29) is 0 Å². The predicted octanol–water partition coefficient (Wildman–Crippen LogP) is 2.83. The molecule has 0 saturated carbocycles. The summed E-state index contributed by atoms with van der Waals surface area (Å²) >= 11 is 0. The molecule has 2 aromatic rings. The monoisotopic (exact) mass is 366 g/mol. The zero-order valence-corrected chi connectivity index (χ0v) is 14.9. The lowest BCUT2D eigenvalue weighted by molar-refractivity contribution is 0.356. The van der Waals surface area contributed by atoms with Crippen LogP contribution in [0.5, 0.6) is 11.5 Å². The summed E-state index contributed by atoms with van der Waals surface area (Å²) in [6.07, 6.45) is 1.30. The molecule has 28 heavy (non-hydrogen) atoms. The molecule has 0 spiro atoms. The van der Waals surface area contributed by atoms with Crippen LogP contribution in [0.1, 0.15) is 22.3 Å². The van der Waals surface area contributed by atoms with E-state index in [1.807, 2.05) is 24.3 Å². The topological polar surface area (TPSA) is 114 Å². The van der Waals surface area contributed by atoms with Crippen LogP contribution in [0.4, 0.5) is 0 Å². The minimum absolute atomic E-state index is 0.321. The second-order valence-electron chi connectivity index (χ2n) is 6.79. The summed E-state index contributed by atoms with van der Waals surface area (Å²) in [6, 6.07) is 18.0. The Labute approximate surface area is 162 Å². The molecule has 6 heteroatoms. The molecule has 0 N–H and O–H groups in total. The number of nitrogens with zero attached hydrogens (tertiary/aromatic N) is 4. The number of fused-ring (bicyclic) bond motifs is 2. The molecule has 0 radical (unpaired) electrons.